The van der Waals surface area contributed by atoms with Gasteiger partial charge in [0.05, 0.1) is 12.0 Å². The van der Waals surface area contributed by atoms with Gasteiger partial charge in [0.2, 0.25) is 5.71 Å². The molecule has 0 heterocycles. The fourth-order valence-corrected chi connectivity index (χ4v) is 2.19. The first-order chi connectivity index (χ1) is 9.08. The minimum Gasteiger partial charge on any atom is -0.464 e. The van der Waals surface area contributed by atoms with Crippen molar-refractivity contribution in [3.8, 4) is 0 Å². The van der Waals surface area contributed by atoms with E-state index < -0.39 is 32.8 Å². The van der Waals surface area contributed by atoms with Crippen molar-refractivity contribution in [1.82, 2.24) is 0 Å². The SMILES string of the molecule is COC(=O)C(=NS(=O)(=O)c1ccc(C)cc1)C(F)(F)F. The van der Waals surface area contributed by atoms with Crippen molar-refractivity contribution in [1.29, 1.82) is 0 Å². The summed E-state index contributed by atoms with van der Waals surface area (Å²) >= 11 is 0. The van der Waals surface area contributed by atoms with E-state index in [0.717, 1.165) is 17.7 Å². The summed E-state index contributed by atoms with van der Waals surface area (Å²) in [5, 5.41) is 0. The molecule has 0 saturated carbocycles. The van der Waals surface area contributed by atoms with Crippen molar-refractivity contribution in [3.63, 3.8) is 0 Å². The Bertz CT molecular complexity index is 633. The van der Waals surface area contributed by atoms with Gasteiger partial charge >= 0.3 is 12.1 Å². The number of hydrogen-bond acceptors (Lipinski definition) is 4. The third-order valence-corrected chi connectivity index (χ3v) is 3.47. The van der Waals surface area contributed by atoms with Gasteiger partial charge in [-0.15, -0.1) is 4.40 Å². The van der Waals surface area contributed by atoms with Gasteiger partial charge in [-0.25, -0.2) is 4.79 Å². The number of esters is 1. The maximum absolute atomic E-state index is 12.6. The first kappa shape index (κ1) is 16.2. The van der Waals surface area contributed by atoms with E-state index in [9.17, 15) is 26.4 Å². The number of rotatable bonds is 3. The van der Waals surface area contributed by atoms with E-state index in [-0.39, 0.29) is 0 Å². The average molecular weight is 309 g/mol. The topological polar surface area (TPSA) is 72.8 Å². The quantitative estimate of drug-likeness (QED) is 0.631. The van der Waals surface area contributed by atoms with Crippen molar-refractivity contribution >= 4 is 21.7 Å². The Hall–Kier alpha value is -1.90. The predicted octanol–water partition coefficient (Wildman–Crippen LogP) is 1.86. The number of sulfonamides is 1. The van der Waals surface area contributed by atoms with Gasteiger partial charge in [-0.3, -0.25) is 0 Å². The number of halogens is 3. The highest BCUT2D eigenvalue weighted by Gasteiger charge is 2.43. The van der Waals surface area contributed by atoms with Crippen LogP contribution in [-0.2, 0) is 19.6 Å². The summed E-state index contributed by atoms with van der Waals surface area (Å²) in [6.07, 6.45) is -5.23. The van der Waals surface area contributed by atoms with E-state index in [2.05, 4.69) is 9.13 Å². The number of benzene rings is 1. The molecule has 0 spiro atoms. The number of carbonyl (C=O) groups is 1. The standard InChI is InChI=1S/C11H10F3NO4S/c1-7-3-5-8(6-4-7)20(17,18)15-9(10(16)19-2)11(12,13)14/h3-6H,1-2H3. The van der Waals surface area contributed by atoms with Gasteiger partial charge in [-0.1, -0.05) is 17.7 Å². The normalized spacial score (nSPS) is 13.2. The molecular weight excluding hydrogens is 299 g/mol. The summed E-state index contributed by atoms with van der Waals surface area (Å²) in [7, 11) is -3.95. The molecule has 0 N–H and O–H groups in total. The lowest BCUT2D eigenvalue weighted by molar-refractivity contribution is -0.137. The summed E-state index contributed by atoms with van der Waals surface area (Å²) in [5.41, 5.74) is -1.41. The molecule has 0 aromatic heterocycles. The van der Waals surface area contributed by atoms with E-state index in [1.54, 1.807) is 6.92 Å². The first-order valence-corrected chi connectivity index (χ1v) is 6.59. The van der Waals surface area contributed by atoms with Gasteiger partial charge in [0.25, 0.3) is 10.0 Å². The zero-order chi connectivity index (χ0) is 15.6. The largest absolute Gasteiger partial charge is 0.464 e. The molecule has 0 atom stereocenters. The average Bonchev–Trinajstić information content (AvgIpc) is 2.34. The molecule has 0 saturated heterocycles. The molecule has 0 fully saturated rings. The van der Waals surface area contributed by atoms with Crippen LogP contribution in [0, 0.1) is 6.92 Å². The van der Waals surface area contributed by atoms with Crippen molar-refractivity contribution < 1.29 is 31.1 Å². The van der Waals surface area contributed by atoms with Crippen LogP contribution in [0.3, 0.4) is 0 Å². The second kappa shape index (κ2) is 5.61. The van der Waals surface area contributed by atoms with E-state index in [1.165, 1.54) is 12.1 Å². The maximum atomic E-state index is 12.6. The van der Waals surface area contributed by atoms with Crippen molar-refractivity contribution in [2.24, 2.45) is 4.40 Å². The monoisotopic (exact) mass is 309 g/mol. The first-order valence-electron chi connectivity index (χ1n) is 5.15. The van der Waals surface area contributed by atoms with Crippen LogP contribution in [0.1, 0.15) is 5.56 Å². The Morgan fingerprint density at radius 3 is 2.10 bits per heavy atom. The van der Waals surface area contributed by atoms with E-state index >= 15 is 0 Å². The smallest absolute Gasteiger partial charge is 0.441 e. The number of nitrogens with zero attached hydrogens (tertiary/aromatic N) is 1. The Balaban J connectivity index is 3.36. The third kappa shape index (κ3) is 3.80. The van der Waals surface area contributed by atoms with E-state index in [1.807, 2.05) is 0 Å². The van der Waals surface area contributed by atoms with Gasteiger partial charge in [0.1, 0.15) is 0 Å². The summed E-state index contributed by atoms with van der Waals surface area (Å²) < 4.78 is 67.6. The van der Waals surface area contributed by atoms with Crippen LogP contribution >= 0.6 is 0 Å². The number of hydrogen-bond donors (Lipinski definition) is 0. The number of carbonyl (C=O) groups excluding carboxylic acids is 1. The fourth-order valence-electron chi connectivity index (χ4n) is 1.18. The molecule has 0 unspecified atom stereocenters. The summed E-state index contributed by atoms with van der Waals surface area (Å²) in [5.74, 6) is -1.87. The lowest BCUT2D eigenvalue weighted by Gasteiger charge is -2.08. The van der Waals surface area contributed by atoms with Crippen molar-refractivity contribution in [2.45, 2.75) is 18.0 Å². The predicted molar refractivity (Wildman–Crippen MR) is 63.9 cm³/mol. The van der Waals surface area contributed by atoms with Crippen LogP contribution < -0.4 is 0 Å². The van der Waals surface area contributed by atoms with E-state index in [0.29, 0.717) is 7.11 Å². The molecule has 0 aliphatic rings. The Labute approximate surface area is 113 Å². The highest BCUT2D eigenvalue weighted by molar-refractivity contribution is 7.90. The van der Waals surface area contributed by atoms with Crippen LogP contribution in [-0.4, -0.2) is 33.4 Å². The lowest BCUT2D eigenvalue weighted by Crippen LogP contribution is -2.33. The molecule has 1 aromatic carbocycles. The molecule has 20 heavy (non-hydrogen) atoms. The van der Waals surface area contributed by atoms with Gasteiger partial charge in [-0.2, -0.15) is 21.6 Å². The van der Waals surface area contributed by atoms with Crippen LogP contribution in [0.15, 0.2) is 33.6 Å². The highest BCUT2D eigenvalue weighted by atomic mass is 32.2. The van der Waals surface area contributed by atoms with Crippen molar-refractivity contribution in [2.75, 3.05) is 7.11 Å². The van der Waals surface area contributed by atoms with Gasteiger partial charge < -0.3 is 4.74 Å². The lowest BCUT2D eigenvalue weighted by atomic mass is 10.2. The van der Waals surface area contributed by atoms with Crippen molar-refractivity contribution in [3.05, 3.63) is 29.8 Å². The zero-order valence-corrected chi connectivity index (χ0v) is 11.2. The van der Waals surface area contributed by atoms with Crippen LogP contribution in [0.25, 0.3) is 0 Å². The number of ether oxygens (including phenoxy) is 1. The molecule has 0 amide bonds. The molecule has 110 valence electrons. The molecule has 0 aliphatic carbocycles. The van der Waals surface area contributed by atoms with Crippen LogP contribution in [0.5, 0.6) is 0 Å². The molecule has 0 aliphatic heterocycles. The Morgan fingerprint density at radius 1 is 1.20 bits per heavy atom. The van der Waals surface area contributed by atoms with Crippen LogP contribution in [0.2, 0.25) is 0 Å². The maximum Gasteiger partial charge on any atom is 0.441 e. The van der Waals surface area contributed by atoms with Gasteiger partial charge in [-0.05, 0) is 19.1 Å². The number of alkyl halides is 3. The minimum absolute atomic E-state index is 0.450. The Morgan fingerprint density at radius 2 is 1.70 bits per heavy atom. The summed E-state index contributed by atoms with van der Waals surface area (Å²) in [4.78, 5) is 10.5. The second-order valence-corrected chi connectivity index (χ2v) is 5.32. The van der Waals surface area contributed by atoms with Gasteiger partial charge in [0.15, 0.2) is 0 Å². The molecule has 1 rings (SSSR count). The molecule has 9 heteroatoms. The summed E-state index contributed by atoms with van der Waals surface area (Å²) in [6, 6.07) is 4.99. The van der Waals surface area contributed by atoms with Crippen LogP contribution in [0.4, 0.5) is 13.2 Å². The molecule has 0 bridgehead atoms. The fraction of sp³-hybridized carbons (Fsp3) is 0.273. The van der Waals surface area contributed by atoms with Gasteiger partial charge in [0, 0.05) is 0 Å². The third-order valence-electron chi connectivity index (χ3n) is 2.18. The molecular formula is C11H10F3NO4S. The number of aryl methyl sites for hydroxylation is 1. The molecule has 5 nitrogen and oxygen atoms in total. The molecule has 1 aromatic rings. The highest BCUT2D eigenvalue weighted by Crippen LogP contribution is 2.22. The van der Waals surface area contributed by atoms with E-state index in [4.69, 9.17) is 0 Å². The minimum atomic E-state index is -5.23. The second-order valence-electron chi connectivity index (χ2n) is 3.72. The zero-order valence-electron chi connectivity index (χ0n) is 10.4. The summed E-state index contributed by atoms with van der Waals surface area (Å²) in [6.45, 7) is 1.68. The number of methoxy groups -OCH3 is 1. The molecule has 0 radical (unpaired) electrons. The Kier molecular flexibility index (Phi) is 4.53.